The van der Waals surface area contributed by atoms with Crippen LogP contribution in [0.5, 0.6) is 0 Å². The molecule has 6 aromatic carbocycles. The molecule has 2 unspecified atom stereocenters. The van der Waals surface area contributed by atoms with Gasteiger partial charge in [0.15, 0.2) is 5.82 Å². The first-order valence-corrected chi connectivity index (χ1v) is 20.2. The summed E-state index contributed by atoms with van der Waals surface area (Å²) in [5.74, 6) is 4.17. The molecule has 0 amide bonds. The van der Waals surface area contributed by atoms with Gasteiger partial charge in [-0.05, 0) is 67.3 Å². The van der Waals surface area contributed by atoms with E-state index in [0.717, 1.165) is 51.4 Å². The molecule has 0 spiro atoms. The van der Waals surface area contributed by atoms with Crippen LogP contribution < -0.4 is 0 Å². The predicted molar refractivity (Wildman–Crippen MR) is 239 cm³/mol. The summed E-state index contributed by atoms with van der Waals surface area (Å²) in [5.41, 5.74) is 8.85. The van der Waals surface area contributed by atoms with E-state index in [2.05, 4.69) is 172 Å². The molecule has 2 N–H and O–H groups in total. The fourth-order valence-electron chi connectivity index (χ4n) is 6.73. The summed E-state index contributed by atoms with van der Waals surface area (Å²) < 4.78 is 4.29. The third-order valence-corrected chi connectivity index (χ3v) is 9.50. The molecule has 0 saturated heterocycles. The summed E-state index contributed by atoms with van der Waals surface area (Å²) in [4.78, 5) is 0. The van der Waals surface area contributed by atoms with Gasteiger partial charge >= 0.3 is 0 Å². The smallest absolute Gasteiger partial charge is 0.168 e. The molecule has 0 aliphatic rings. The van der Waals surface area contributed by atoms with E-state index in [1.807, 2.05) is 54.6 Å². The van der Waals surface area contributed by atoms with Crippen LogP contribution in [0.25, 0.3) is 56.4 Å². The minimum atomic E-state index is -0.375. The van der Waals surface area contributed by atoms with Crippen molar-refractivity contribution in [3.63, 3.8) is 0 Å². The summed E-state index contributed by atoms with van der Waals surface area (Å²) in [6.45, 7) is 11.9. The number of hydrogen-bond donors (Lipinski definition) is 2. The molecule has 2 radical (unpaired) electrons. The largest absolute Gasteiger partial charge is 0.393 e. The molecule has 0 aliphatic heterocycles. The number of aliphatic hydroxyl groups is 2. The first-order valence-electron chi connectivity index (χ1n) is 20.2. The van der Waals surface area contributed by atoms with E-state index in [1.54, 1.807) is 13.8 Å². The molecular weight excluding hydrogens is 1110 g/mol. The molecule has 8 rings (SSSR count). The SMILES string of the molecule is CC(C)c1nnc(-c2[c-]ccc(-c3ccccc3)c2)n1-c1ccccc1.CC(C)c1nnc(-c2cccc(-c3ccccc3)c2)n1-c1ccccc1.CC(O)CC(C)O.[Ir].[Ir]. The average Bonchev–Trinajstić information content (AvgIpc) is 3.92. The maximum Gasteiger partial charge on any atom is 0.168 e. The Labute approximate surface area is 387 Å². The minimum Gasteiger partial charge on any atom is -0.393 e. The van der Waals surface area contributed by atoms with Crippen molar-refractivity contribution < 1.29 is 50.4 Å². The summed E-state index contributed by atoms with van der Waals surface area (Å²) in [6.07, 6.45) is -0.278. The Morgan fingerprint density at radius 3 is 1.28 bits per heavy atom. The fraction of sp³-hybridized carbons (Fsp3) is 0.216. The van der Waals surface area contributed by atoms with Gasteiger partial charge in [0, 0.05) is 69.0 Å². The third-order valence-electron chi connectivity index (χ3n) is 9.50. The Hall–Kier alpha value is -5.18. The van der Waals surface area contributed by atoms with Gasteiger partial charge in [0.25, 0.3) is 0 Å². The van der Waals surface area contributed by atoms with E-state index in [9.17, 15) is 0 Å². The Bertz CT molecular complexity index is 2310. The zero-order chi connectivity index (χ0) is 41.7. The molecular formula is C51H53Ir2N6O2-. The van der Waals surface area contributed by atoms with Gasteiger partial charge in [-0.15, -0.1) is 50.7 Å². The van der Waals surface area contributed by atoms with Gasteiger partial charge in [-0.3, -0.25) is 4.57 Å². The van der Waals surface area contributed by atoms with Crippen molar-refractivity contribution in [3.8, 4) is 56.4 Å². The van der Waals surface area contributed by atoms with Crippen LogP contribution >= 0.6 is 0 Å². The van der Waals surface area contributed by atoms with Crippen LogP contribution in [0.4, 0.5) is 0 Å². The maximum atomic E-state index is 8.56. The van der Waals surface area contributed by atoms with E-state index in [1.165, 1.54) is 16.7 Å². The normalized spacial score (nSPS) is 11.6. The quantitative estimate of drug-likeness (QED) is 0.132. The number of aromatic nitrogens is 6. The second kappa shape index (κ2) is 23.7. The number of aliphatic hydroxyl groups excluding tert-OH is 2. The summed E-state index contributed by atoms with van der Waals surface area (Å²) in [7, 11) is 0. The van der Waals surface area contributed by atoms with Crippen molar-refractivity contribution in [2.24, 2.45) is 0 Å². The van der Waals surface area contributed by atoms with Gasteiger partial charge in [0.1, 0.15) is 11.6 Å². The van der Waals surface area contributed by atoms with Crippen LogP contribution in [0.15, 0.2) is 164 Å². The third kappa shape index (κ3) is 12.9. The van der Waals surface area contributed by atoms with Gasteiger partial charge in [-0.2, -0.15) is 5.10 Å². The van der Waals surface area contributed by atoms with E-state index < -0.39 is 0 Å². The molecule has 318 valence electrons. The molecule has 61 heavy (non-hydrogen) atoms. The first-order chi connectivity index (χ1) is 28.6. The van der Waals surface area contributed by atoms with Gasteiger partial charge in [0.05, 0.1) is 18.0 Å². The zero-order valence-electron chi connectivity index (χ0n) is 35.3. The Kier molecular flexibility index (Phi) is 18.9. The molecule has 0 aliphatic carbocycles. The van der Waals surface area contributed by atoms with Crippen LogP contribution in [0, 0.1) is 6.07 Å². The molecule has 2 aromatic heterocycles. The van der Waals surface area contributed by atoms with Crippen LogP contribution in [0.1, 0.15) is 71.4 Å². The first kappa shape index (κ1) is 48.5. The maximum absolute atomic E-state index is 8.56. The average molecular weight is 1170 g/mol. The van der Waals surface area contributed by atoms with Crippen molar-refractivity contribution >= 4 is 0 Å². The van der Waals surface area contributed by atoms with Crippen molar-refractivity contribution in [2.75, 3.05) is 0 Å². The van der Waals surface area contributed by atoms with E-state index >= 15 is 0 Å². The van der Waals surface area contributed by atoms with Crippen molar-refractivity contribution in [1.29, 1.82) is 0 Å². The van der Waals surface area contributed by atoms with Crippen molar-refractivity contribution in [3.05, 3.63) is 182 Å². The monoisotopic (exact) mass is 1170 g/mol. The second-order valence-corrected chi connectivity index (χ2v) is 15.2. The number of benzene rings is 6. The molecule has 8 nitrogen and oxygen atoms in total. The zero-order valence-corrected chi connectivity index (χ0v) is 40.1. The van der Waals surface area contributed by atoms with Crippen LogP contribution in [-0.4, -0.2) is 51.9 Å². The number of nitrogens with zero attached hydrogens (tertiary/aromatic N) is 6. The Morgan fingerprint density at radius 1 is 0.443 bits per heavy atom. The van der Waals surface area contributed by atoms with Crippen LogP contribution in [-0.2, 0) is 40.2 Å². The molecule has 0 saturated carbocycles. The number of hydrogen-bond acceptors (Lipinski definition) is 6. The minimum absolute atomic E-state index is 0. The van der Waals surface area contributed by atoms with E-state index in [4.69, 9.17) is 10.2 Å². The van der Waals surface area contributed by atoms with Crippen LogP contribution in [0.3, 0.4) is 0 Å². The van der Waals surface area contributed by atoms with E-state index in [-0.39, 0.29) is 64.3 Å². The summed E-state index contributed by atoms with van der Waals surface area (Å²) in [6, 6.07) is 59.3. The molecule has 0 bridgehead atoms. The predicted octanol–water partition coefficient (Wildman–Crippen LogP) is 11.4. The summed E-state index contributed by atoms with van der Waals surface area (Å²) in [5, 5.41) is 35.1. The molecule has 2 atom stereocenters. The molecule has 10 heteroatoms. The molecule has 0 fully saturated rings. The number of rotatable bonds is 10. The topological polar surface area (TPSA) is 102 Å². The van der Waals surface area contributed by atoms with Crippen molar-refractivity contribution in [1.82, 2.24) is 29.5 Å². The van der Waals surface area contributed by atoms with Crippen molar-refractivity contribution in [2.45, 2.75) is 72.0 Å². The van der Waals surface area contributed by atoms with Crippen LogP contribution in [0.2, 0.25) is 0 Å². The second-order valence-electron chi connectivity index (χ2n) is 15.2. The van der Waals surface area contributed by atoms with Gasteiger partial charge in [0.2, 0.25) is 0 Å². The van der Waals surface area contributed by atoms with E-state index in [0.29, 0.717) is 6.42 Å². The summed E-state index contributed by atoms with van der Waals surface area (Å²) >= 11 is 0. The van der Waals surface area contributed by atoms with Gasteiger partial charge in [-0.1, -0.05) is 143 Å². The van der Waals surface area contributed by atoms with Gasteiger partial charge in [-0.25, -0.2) is 0 Å². The van der Waals surface area contributed by atoms with Gasteiger partial charge < -0.3 is 14.8 Å². The Morgan fingerprint density at radius 2 is 0.836 bits per heavy atom. The standard InChI is InChI=1S/C23H21N3.C23H20N3.C5H12O2.2Ir/c2*1-17(2)22-24-25-23(26(22)21-14-7-4-8-15-21)20-13-9-12-19(16-20)18-10-5-3-6-11-18;1-4(6)3-5(2)7;;/h3-17H,1-2H3;3-12,14-17H,1-2H3;4-7H,3H2,1-2H3;;/q;-1;;;. The Balaban J connectivity index is 0.000000226. The fourth-order valence-corrected chi connectivity index (χ4v) is 6.73. The molecule has 2 heterocycles. The molecule has 8 aromatic rings. The number of para-hydroxylation sites is 2.